The highest BCUT2D eigenvalue weighted by molar-refractivity contribution is 6.84. The Labute approximate surface area is 108 Å². The first-order valence-electron chi connectivity index (χ1n) is 5.71. The molecule has 94 valence electrons. The molecule has 0 bridgehead atoms. The van der Waals surface area contributed by atoms with Gasteiger partial charge in [0.05, 0.1) is 18.4 Å². The molecule has 2 amide bonds. The Kier molecular flexibility index (Phi) is 2.71. The molecule has 0 saturated carbocycles. The fourth-order valence-corrected chi connectivity index (χ4v) is 1.79. The van der Waals surface area contributed by atoms with Crippen molar-refractivity contribution in [2.75, 3.05) is 6.61 Å². The van der Waals surface area contributed by atoms with Gasteiger partial charge in [-0.15, -0.1) is 5.10 Å². The Balaban J connectivity index is 2.10. The van der Waals surface area contributed by atoms with Crippen molar-refractivity contribution in [2.24, 2.45) is 20.2 Å². The van der Waals surface area contributed by atoms with Gasteiger partial charge in [0.1, 0.15) is 17.1 Å². The third kappa shape index (κ3) is 1.95. The first-order valence-corrected chi connectivity index (χ1v) is 5.71. The van der Waals surface area contributed by atoms with Crippen molar-refractivity contribution in [2.45, 2.75) is 6.92 Å². The van der Waals surface area contributed by atoms with E-state index in [0.29, 0.717) is 35.2 Å². The first-order chi connectivity index (χ1) is 9.29. The topological polar surface area (TPSA) is 88.6 Å². The number of hydrogen-bond acceptors (Lipinski definition) is 5. The van der Waals surface area contributed by atoms with E-state index in [0.717, 1.165) is 0 Å². The van der Waals surface area contributed by atoms with Gasteiger partial charge >= 0.3 is 6.03 Å². The van der Waals surface area contributed by atoms with Crippen molar-refractivity contribution in [3.8, 4) is 5.88 Å². The summed E-state index contributed by atoms with van der Waals surface area (Å²) in [6.07, 6.45) is 3.04. The van der Waals surface area contributed by atoms with Gasteiger partial charge in [-0.2, -0.15) is 15.1 Å². The van der Waals surface area contributed by atoms with Crippen molar-refractivity contribution in [3.05, 3.63) is 23.9 Å². The molecule has 0 N–H and O–H groups in total. The van der Waals surface area contributed by atoms with Crippen LogP contribution in [0.2, 0.25) is 0 Å². The van der Waals surface area contributed by atoms with Crippen LogP contribution in [0.4, 0.5) is 4.79 Å². The monoisotopic (exact) mass is 255 g/mol. The average molecular weight is 255 g/mol. The highest BCUT2D eigenvalue weighted by Gasteiger charge is 2.28. The first kappa shape index (κ1) is 11.4. The molecule has 1 aromatic heterocycles. The number of hydrogen-bond donors (Lipinski definition) is 0. The van der Waals surface area contributed by atoms with Crippen LogP contribution in [0.15, 0.2) is 38.5 Å². The fourth-order valence-electron chi connectivity index (χ4n) is 1.79. The van der Waals surface area contributed by atoms with E-state index in [-0.39, 0.29) is 0 Å². The van der Waals surface area contributed by atoms with Crippen molar-refractivity contribution >= 4 is 29.4 Å². The zero-order chi connectivity index (χ0) is 13.2. The predicted octanol–water partition coefficient (Wildman–Crippen LogP) is 1.28. The lowest BCUT2D eigenvalue weighted by atomic mass is 10.0. The number of aromatic nitrogens is 1. The summed E-state index contributed by atoms with van der Waals surface area (Å²) in [6.45, 7) is 2.32. The molecule has 0 atom stereocenters. The molecule has 0 saturated heterocycles. The second-order valence-electron chi connectivity index (χ2n) is 3.72. The summed E-state index contributed by atoms with van der Waals surface area (Å²) in [5.41, 5.74) is 1.88. The Bertz CT molecular complexity index is 672. The molecule has 7 nitrogen and oxygen atoms in total. The third-order valence-electron chi connectivity index (χ3n) is 2.54. The second kappa shape index (κ2) is 4.52. The van der Waals surface area contributed by atoms with Crippen molar-refractivity contribution in [1.29, 1.82) is 0 Å². The van der Waals surface area contributed by atoms with Gasteiger partial charge in [0.2, 0.25) is 5.88 Å². The standard InChI is InChI=1S/C12H9N5O2/c1-2-19-11-7(4-3-5-13-11)9-10-8(6-14-17-10)15-12(18)16-9/h3-6H,2H2,1H3. The number of urea groups is 1. The molecule has 3 heterocycles. The molecule has 2 aliphatic heterocycles. The smallest absolute Gasteiger partial charge is 0.368 e. The lowest BCUT2D eigenvalue weighted by molar-refractivity contribution is 0.257. The number of pyridine rings is 1. The number of carbonyl (C=O) groups excluding carboxylic acids is 1. The van der Waals surface area contributed by atoms with Gasteiger partial charge in [-0.25, -0.2) is 9.78 Å². The minimum Gasteiger partial charge on any atom is -0.477 e. The maximum Gasteiger partial charge on any atom is 0.368 e. The van der Waals surface area contributed by atoms with Gasteiger partial charge in [-0.1, -0.05) is 0 Å². The zero-order valence-corrected chi connectivity index (χ0v) is 10.1. The maximum atomic E-state index is 11.5. The predicted molar refractivity (Wildman–Crippen MR) is 70.7 cm³/mol. The van der Waals surface area contributed by atoms with E-state index < -0.39 is 6.03 Å². The molecule has 0 aromatic carbocycles. The van der Waals surface area contributed by atoms with Gasteiger partial charge in [-0.3, -0.25) is 0 Å². The van der Waals surface area contributed by atoms with Gasteiger partial charge < -0.3 is 4.74 Å². The fraction of sp³-hybridized carbons (Fsp3) is 0.167. The van der Waals surface area contributed by atoms with Crippen molar-refractivity contribution in [3.63, 3.8) is 0 Å². The summed E-state index contributed by atoms with van der Waals surface area (Å²) in [7, 11) is 0. The highest BCUT2D eigenvalue weighted by atomic mass is 16.5. The summed E-state index contributed by atoms with van der Waals surface area (Å²) in [5, 5.41) is 7.69. The Morgan fingerprint density at radius 2 is 2.16 bits per heavy atom. The van der Waals surface area contributed by atoms with E-state index in [1.807, 2.05) is 6.92 Å². The Morgan fingerprint density at radius 1 is 1.26 bits per heavy atom. The molecule has 2 aliphatic rings. The molecular weight excluding hydrogens is 246 g/mol. The maximum absolute atomic E-state index is 11.5. The molecule has 7 heteroatoms. The molecule has 3 rings (SSSR count). The van der Waals surface area contributed by atoms with E-state index in [9.17, 15) is 4.79 Å². The number of nitrogens with zero attached hydrogens (tertiary/aromatic N) is 5. The molecule has 19 heavy (non-hydrogen) atoms. The number of aliphatic imine (C=N–C) groups is 2. The van der Waals surface area contributed by atoms with E-state index in [1.54, 1.807) is 18.3 Å². The van der Waals surface area contributed by atoms with Crippen LogP contribution in [-0.4, -0.2) is 41.0 Å². The lowest BCUT2D eigenvalue weighted by Crippen LogP contribution is -2.29. The van der Waals surface area contributed by atoms with Crippen LogP contribution in [0.3, 0.4) is 0 Å². The summed E-state index contributed by atoms with van der Waals surface area (Å²) < 4.78 is 5.44. The van der Waals surface area contributed by atoms with E-state index in [4.69, 9.17) is 4.74 Å². The summed E-state index contributed by atoms with van der Waals surface area (Å²) in [4.78, 5) is 23.3. The summed E-state index contributed by atoms with van der Waals surface area (Å²) in [6, 6.07) is 2.93. The average Bonchev–Trinajstić information content (AvgIpc) is 2.87. The van der Waals surface area contributed by atoms with Gasteiger partial charge in [0.25, 0.3) is 0 Å². The summed E-state index contributed by atoms with van der Waals surface area (Å²) in [5.74, 6) is 0.410. The van der Waals surface area contributed by atoms with Crippen LogP contribution in [0.25, 0.3) is 0 Å². The number of fused-ring (bicyclic) bond motifs is 1. The zero-order valence-electron chi connectivity index (χ0n) is 10.1. The SMILES string of the molecule is CCOc1ncccc1C1=NC(=O)N=C2C=NN=C21. The van der Waals surface area contributed by atoms with Crippen LogP contribution in [0, 0.1) is 0 Å². The largest absolute Gasteiger partial charge is 0.477 e. The molecule has 1 aromatic rings. The minimum atomic E-state index is -0.580. The van der Waals surface area contributed by atoms with Gasteiger partial charge in [0.15, 0.2) is 0 Å². The Hall–Kier alpha value is -2.70. The minimum absolute atomic E-state index is 0.393. The number of rotatable bonds is 3. The van der Waals surface area contributed by atoms with Crippen LogP contribution < -0.4 is 4.74 Å². The molecule has 0 fully saturated rings. The molecule has 0 spiro atoms. The third-order valence-corrected chi connectivity index (χ3v) is 2.54. The van der Waals surface area contributed by atoms with E-state index >= 15 is 0 Å². The van der Waals surface area contributed by atoms with Gasteiger partial charge in [0, 0.05) is 6.20 Å². The second-order valence-corrected chi connectivity index (χ2v) is 3.72. The highest BCUT2D eigenvalue weighted by Crippen LogP contribution is 2.19. The number of ether oxygens (including phenoxy) is 1. The van der Waals surface area contributed by atoms with Crippen LogP contribution in [0.1, 0.15) is 12.5 Å². The quantitative estimate of drug-likeness (QED) is 0.814. The molecular formula is C12H9N5O2. The summed E-state index contributed by atoms with van der Waals surface area (Å²) >= 11 is 0. The van der Waals surface area contributed by atoms with Crippen LogP contribution in [-0.2, 0) is 0 Å². The van der Waals surface area contributed by atoms with E-state index in [1.165, 1.54) is 6.21 Å². The van der Waals surface area contributed by atoms with Gasteiger partial charge in [-0.05, 0) is 19.1 Å². The van der Waals surface area contributed by atoms with E-state index in [2.05, 4.69) is 25.2 Å². The van der Waals surface area contributed by atoms with Crippen LogP contribution in [0.5, 0.6) is 5.88 Å². The van der Waals surface area contributed by atoms with Crippen molar-refractivity contribution < 1.29 is 9.53 Å². The van der Waals surface area contributed by atoms with Crippen LogP contribution >= 0.6 is 0 Å². The normalized spacial score (nSPS) is 16.7. The molecule has 0 aliphatic carbocycles. The lowest BCUT2D eigenvalue weighted by Gasteiger charge is -2.12. The number of amides is 2. The Morgan fingerprint density at radius 3 is 3.00 bits per heavy atom. The molecule has 0 unspecified atom stereocenters. The molecule has 0 radical (unpaired) electrons. The number of carbonyl (C=O) groups is 1. The van der Waals surface area contributed by atoms with Crippen molar-refractivity contribution in [1.82, 2.24) is 4.98 Å².